The summed E-state index contributed by atoms with van der Waals surface area (Å²) in [5.74, 6) is -0.453. The lowest BCUT2D eigenvalue weighted by Gasteiger charge is -2.18. The summed E-state index contributed by atoms with van der Waals surface area (Å²) in [5, 5.41) is 2.76. The minimum Gasteiger partial charge on any atom is -0.490 e. The fourth-order valence-corrected chi connectivity index (χ4v) is 3.80. The molecule has 1 aliphatic heterocycles. The van der Waals surface area contributed by atoms with E-state index in [1.165, 1.54) is 24.3 Å². The number of anilines is 2. The Balaban J connectivity index is 1.92. The molecule has 2 aromatic rings. The average Bonchev–Trinajstić information content (AvgIpc) is 2.66. The van der Waals surface area contributed by atoms with Crippen molar-refractivity contribution in [1.82, 2.24) is 0 Å². The maximum Gasteiger partial charge on any atom is 0.262 e. The third-order valence-corrected chi connectivity index (χ3v) is 5.65. The minimum absolute atomic E-state index is 0.136. The molecule has 1 amide bonds. The van der Waals surface area contributed by atoms with Crippen LogP contribution in [-0.2, 0) is 14.8 Å². The second-order valence-corrected chi connectivity index (χ2v) is 8.50. The van der Waals surface area contributed by atoms with Gasteiger partial charge in [-0.2, -0.15) is 0 Å². The lowest BCUT2D eigenvalue weighted by molar-refractivity contribution is -0.124. The van der Waals surface area contributed by atoms with E-state index < -0.39 is 21.3 Å². The first-order valence-corrected chi connectivity index (χ1v) is 9.44. The van der Waals surface area contributed by atoms with Crippen molar-refractivity contribution in [3.05, 3.63) is 47.8 Å². The number of benzene rings is 2. The van der Waals surface area contributed by atoms with E-state index in [0.717, 1.165) is 6.07 Å². The van der Waals surface area contributed by atoms with Gasteiger partial charge in [-0.15, -0.1) is 0 Å². The van der Waals surface area contributed by atoms with Gasteiger partial charge in [0.2, 0.25) is 5.91 Å². The van der Waals surface area contributed by atoms with Gasteiger partial charge < -0.3 is 10.1 Å². The second-order valence-electron chi connectivity index (χ2n) is 6.85. The van der Waals surface area contributed by atoms with Gasteiger partial charge >= 0.3 is 0 Å². The van der Waals surface area contributed by atoms with E-state index in [1.54, 1.807) is 26.8 Å². The Morgan fingerprint density at radius 1 is 1.19 bits per heavy atom. The summed E-state index contributed by atoms with van der Waals surface area (Å²) in [6, 6.07) is 8.14. The third-order valence-electron chi connectivity index (χ3n) is 4.12. The van der Waals surface area contributed by atoms with Gasteiger partial charge in [-0.1, -0.05) is 6.07 Å². The Hall–Kier alpha value is -2.61. The Bertz CT molecular complexity index is 987. The fraction of sp³-hybridized carbons (Fsp3) is 0.278. The van der Waals surface area contributed by atoms with Crippen LogP contribution in [0, 0.1) is 18.2 Å². The van der Waals surface area contributed by atoms with Crippen LogP contribution in [0.15, 0.2) is 41.3 Å². The second kappa shape index (κ2) is 6.28. The van der Waals surface area contributed by atoms with Gasteiger partial charge in [-0.3, -0.25) is 9.52 Å². The van der Waals surface area contributed by atoms with Gasteiger partial charge in [-0.25, -0.2) is 12.8 Å². The van der Waals surface area contributed by atoms with Gasteiger partial charge in [0.05, 0.1) is 21.7 Å². The first kappa shape index (κ1) is 18.2. The lowest BCUT2D eigenvalue weighted by atomic mass is 9.94. The Labute approximate surface area is 151 Å². The fourth-order valence-electron chi connectivity index (χ4n) is 2.50. The highest BCUT2D eigenvalue weighted by Crippen LogP contribution is 2.35. The quantitative estimate of drug-likeness (QED) is 0.858. The van der Waals surface area contributed by atoms with Gasteiger partial charge in [0.15, 0.2) is 0 Å². The van der Waals surface area contributed by atoms with E-state index in [4.69, 9.17) is 4.74 Å². The van der Waals surface area contributed by atoms with Crippen LogP contribution >= 0.6 is 0 Å². The molecule has 0 aliphatic carbocycles. The van der Waals surface area contributed by atoms with Crippen LogP contribution in [-0.4, -0.2) is 20.9 Å². The summed E-state index contributed by atoms with van der Waals surface area (Å²) < 4.78 is 46.7. The number of hydrogen-bond acceptors (Lipinski definition) is 4. The van der Waals surface area contributed by atoms with Crippen LogP contribution in [0.2, 0.25) is 0 Å². The van der Waals surface area contributed by atoms with Crippen molar-refractivity contribution in [1.29, 1.82) is 0 Å². The minimum atomic E-state index is -3.97. The molecular weight excluding hydrogens is 359 g/mol. The van der Waals surface area contributed by atoms with Crippen molar-refractivity contribution in [3.63, 3.8) is 0 Å². The molecule has 2 aromatic carbocycles. The molecule has 0 spiro atoms. The van der Waals surface area contributed by atoms with E-state index in [-0.39, 0.29) is 23.1 Å². The van der Waals surface area contributed by atoms with Crippen molar-refractivity contribution in [2.24, 2.45) is 5.41 Å². The number of ether oxygens (including phenoxy) is 1. The van der Waals surface area contributed by atoms with Crippen molar-refractivity contribution < 1.29 is 22.3 Å². The Morgan fingerprint density at radius 3 is 2.65 bits per heavy atom. The van der Waals surface area contributed by atoms with Crippen molar-refractivity contribution in [2.75, 3.05) is 16.6 Å². The summed E-state index contributed by atoms with van der Waals surface area (Å²) in [6.45, 7) is 5.26. The molecule has 2 N–H and O–H groups in total. The van der Waals surface area contributed by atoms with Crippen molar-refractivity contribution >= 4 is 27.3 Å². The monoisotopic (exact) mass is 378 g/mol. The standard InChI is InChI=1S/C18H19FN2O4S/c1-11-4-5-12(19)8-16(11)26(23,24)21-13-6-7-14-15(9-13)25-10-18(2,3)17(22)20-14/h4-9,21H,10H2,1-3H3,(H,20,22). The van der Waals surface area contributed by atoms with E-state index >= 15 is 0 Å². The molecular formula is C18H19FN2O4S. The van der Waals surface area contributed by atoms with Crippen LogP contribution in [0.4, 0.5) is 15.8 Å². The lowest BCUT2D eigenvalue weighted by Crippen LogP contribution is -2.33. The highest BCUT2D eigenvalue weighted by molar-refractivity contribution is 7.92. The number of carbonyl (C=O) groups is 1. The highest BCUT2D eigenvalue weighted by Gasteiger charge is 2.32. The molecule has 0 aromatic heterocycles. The Morgan fingerprint density at radius 2 is 1.92 bits per heavy atom. The molecule has 0 radical (unpaired) electrons. The maximum absolute atomic E-state index is 13.4. The zero-order valence-electron chi connectivity index (χ0n) is 14.6. The summed E-state index contributed by atoms with van der Waals surface area (Å²) in [5.41, 5.74) is 0.433. The van der Waals surface area contributed by atoms with Crippen molar-refractivity contribution in [3.8, 4) is 5.75 Å². The zero-order valence-corrected chi connectivity index (χ0v) is 15.4. The molecule has 0 saturated carbocycles. The molecule has 0 unspecified atom stereocenters. The third kappa shape index (κ3) is 3.50. The molecule has 138 valence electrons. The average molecular weight is 378 g/mol. The molecule has 8 heteroatoms. The molecule has 0 atom stereocenters. The van der Waals surface area contributed by atoms with E-state index in [2.05, 4.69) is 10.0 Å². The number of hydrogen-bond donors (Lipinski definition) is 2. The molecule has 3 rings (SSSR count). The summed E-state index contributed by atoms with van der Waals surface area (Å²) in [4.78, 5) is 12.0. The zero-order chi connectivity index (χ0) is 19.1. The number of nitrogens with one attached hydrogen (secondary N) is 2. The maximum atomic E-state index is 13.4. The molecule has 0 saturated heterocycles. The van der Waals surface area contributed by atoms with Gasteiger partial charge in [0.1, 0.15) is 18.2 Å². The van der Waals surface area contributed by atoms with E-state index in [1.807, 2.05) is 0 Å². The smallest absolute Gasteiger partial charge is 0.262 e. The number of halogens is 1. The number of sulfonamides is 1. The van der Waals surface area contributed by atoms with Crippen LogP contribution in [0.3, 0.4) is 0 Å². The normalized spacial score (nSPS) is 16.1. The molecule has 1 heterocycles. The largest absolute Gasteiger partial charge is 0.490 e. The number of aryl methyl sites for hydroxylation is 1. The van der Waals surface area contributed by atoms with Crippen LogP contribution in [0.1, 0.15) is 19.4 Å². The Kier molecular flexibility index (Phi) is 4.39. The number of rotatable bonds is 3. The first-order chi connectivity index (χ1) is 12.1. The van der Waals surface area contributed by atoms with Crippen molar-refractivity contribution in [2.45, 2.75) is 25.7 Å². The molecule has 6 nitrogen and oxygen atoms in total. The van der Waals surface area contributed by atoms with Gasteiger partial charge in [-0.05, 0) is 50.6 Å². The molecule has 0 fully saturated rings. The number of amides is 1. The summed E-state index contributed by atoms with van der Waals surface area (Å²) >= 11 is 0. The van der Waals surface area contributed by atoms with Crippen LogP contribution in [0.5, 0.6) is 5.75 Å². The van der Waals surface area contributed by atoms with Crippen LogP contribution < -0.4 is 14.8 Å². The topological polar surface area (TPSA) is 84.5 Å². The predicted molar refractivity (Wildman–Crippen MR) is 96.3 cm³/mol. The number of fused-ring (bicyclic) bond motifs is 1. The predicted octanol–water partition coefficient (Wildman–Crippen LogP) is 3.29. The van der Waals surface area contributed by atoms with Gasteiger partial charge in [0.25, 0.3) is 10.0 Å². The van der Waals surface area contributed by atoms with E-state index in [0.29, 0.717) is 17.0 Å². The SMILES string of the molecule is Cc1ccc(F)cc1S(=O)(=O)Nc1ccc2c(c1)OCC(C)(C)C(=O)N2. The van der Waals surface area contributed by atoms with E-state index in [9.17, 15) is 17.6 Å². The number of carbonyl (C=O) groups excluding carboxylic acids is 1. The summed E-state index contributed by atoms with van der Waals surface area (Å²) in [7, 11) is -3.97. The highest BCUT2D eigenvalue weighted by atomic mass is 32.2. The molecule has 1 aliphatic rings. The molecule has 0 bridgehead atoms. The van der Waals surface area contributed by atoms with Gasteiger partial charge in [0, 0.05) is 6.07 Å². The summed E-state index contributed by atoms with van der Waals surface area (Å²) in [6.07, 6.45) is 0. The first-order valence-electron chi connectivity index (χ1n) is 7.96. The molecule has 26 heavy (non-hydrogen) atoms. The van der Waals surface area contributed by atoms with Crippen LogP contribution in [0.25, 0.3) is 0 Å².